The third kappa shape index (κ3) is 6.96. The van der Waals surface area contributed by atoms with Crippen LogP contribution in [0.1, 0.15) is 54.1 Å². The van der Waals surface area contributed by atoms with Gasteiger partial charge in [-0.05, 0) is 24.3 Å². The summed E-state index contributed by atoms with van der Waals surface area (Å²) in [6, 6.07) is 17.7. The molecule has 3 N–H and O–H groups in total. The van der Waals surface area contributed by atoms with E-state index in [0.29, 0.717) is 12.0 Å². The average Bonchev–Trinajstić information content (AvgIpc) is 2.69. The molecule has 1 unspecified atom stereocenters. The Balaban J connectivity index is 0.00000210. The Morgan fingerprint density at radius 3 is 2.10 bits per heavy atom. The Hall–Kier alpha value is -2.21. The van der Waals surface area contributed by atoms with Crippen LogP contribution < -0.4 is 5.32 Å². The lowest BCUT2D eigenvalue weighted by molar-refractivity contribution is -0.119. The van der Waals surface area contributed by atoms with Crippen molar-refractivity contribution in [3.05, 3.63) is 71.3 Å². The van der Waals surface area contributed by atoms with Crippen molar-refractivity contribution in [3.63, 3.8) is 0 Å². The summed E-state index contributed by atoms with van der Waals surface area (Å²) in [5, 5.41) is 3.02. The number of nitrogens with zero attached hydrogens (tertiary/aromatic N) is 1. The monoisotopic (exact) mass is 418 g/mol. The van der Waals surface area contributed by atoms with Gasteiger partial charge in [0.25, 0.3) is 0 Å². The highest BCUT2D eigenvalue weighted by molar-refractivity contribution is 6.08. The summed E-state index contributed by atoms with van der Waals surface area (Å²) in [5.41, 5.74) is 2.71. The lowest BCUT2D eigenvalue weighted by Gasteiger charge is -2.33. The molecule has 2 aromatic carbocycles. The number of likely N-dealkylation sites (tertiary alicyclic amines) is 1. The number of benzene rings is 2. The second kappa shape index (κ2) is 11.7. The summed E-state index contributed by atoms with van der Waals surface area (Å²) in [5.74, 6) is 0.532. The highest BCUT2D eigenvalue weighted by atomic mass is 35.5. The van der Waals surface area contributed by atoms with Crippen LogP contribution in [0.3, 0.4) is 0 Å². The van der Waals surface area contributed by atoms with Gasteiger partial charge in [-0.1, -0.05) is 61.5 Å². The van der Waals surface area contributed by atoms with Crippen LogP contribution in [-0.2, 0) is 4.79 Å². The zero-order valence-electron chi connectivity index (χ0n) is 17.1. The van der Waals surface area contributed by atoms with Crippen molar-refractivity contribution < 1.29 is 15.1 Å². The number of halogens is 1. The quantitative estimate of drug-likeness (QED) is 0.731. The average molecular weight is 419 g/mol. The van der Waals surface area contributed by atoms with Crippen LogP contribution in [0.2, 0.25) is 0 Å². The molecule has 1 aliphatic rings. The molecule has 3 rings (SSSR count). The Labute approximate surface area is 179 Å². The van der Waals surface area contributed by atoms with Gasteiger partial charge in [0.2, 0.25) is 5.91 Å². The van der Waals surface area contributed by atoms with Gasteiger partial charge in [0, 0.05) is 43.7 Å². The van der Waals surface area contributed by atoms with Gasteiger partial charge in [-0.2, -0.15) is 0 Å². The number of ketones is 1. The standard InChI is InChI=1S/C23H28N2O2.ClH.H2O/c1-17(16-25-14-12-22(13-15-25)24-18(2)26)19-8-10-21(11-9-19)23(27)20-6-4-3-5-7-20;;/h3-11,17,22H,12-16H2,1-2H3,(H,24,26);1H;1H2. The second-order valence-corrected chi connectivity index (χ2v) is 7.49. The third-order valence-corrected chi connectivity index (χ3v) is 5.30. The molecule has 0 aromatic heterocycles. The van der Waals surface area contributed by atoms with Gasteiger partial charge >= 0.3 is 0 Å². The van der Waals surface area contributed by atoms with Crippen LogP contribution >= 0.6 is 12.4 Å². The smallest absolute Gasteiger partial charge is 0.217 e. The van der Waals surface area contributed by atoms with Gasteiger partial charge in [-0.3, -0.25) is 9.59 Å². The number of hydrogen-bond donors (Lipinski definition) is 1. The molecule has 5 nitrogen and oxygen atoms in total. The maximum absolute atomic E-state index is 12.5. The van der Waals surface area contributed by atoms with Crippen LogP contribution in [0.25, 0.3) is 0 Å². The van der Waals surface area contributed by atoms with Crippen LogP contribution in [0.4, 0.5) is 0 Å². The molecule has 29 heavy (non-hydrogen) atoms. The third-order valence-electron chi connectivity index (χ3n) is 5.30. The Morgan fingerprint density at radius 2 is 1.55 bits per heavy atom. The van der Waals surface area contributed by atoms with Crippen molar-refractivity contribution in [1.82, 2.24) is 10.2 Å². The molecule has 6 heteroatoms. The lowest BCUT2D eigenvalue weighted by atomic mass is 9.95. The molecule has 1 amide bonds. The maximum Gasteiger partial charge on any atom is 0.217 e. The van der Waals surface area contributed by atoms with E-state index >= 15 is 0 Å². The summed E-state index contributed by atoms with van der Waals surface area (Å²) in [4.78, 5) is 26.2. The Morgan fingerprint density at radius 1 is 1.00 bits per heavy atom. The first-order valence-corrected chi connectivity index (χ1v) is 9.72. The van der Waals surface area contributed by atoms with E-state index in [-0.39, 0.29) is 29.6 Å². The van der Waals surface area contributed by atoms with Crippen molar-refractivity contribution in [2.45, 2.75) is 38.6 Å². The van der Waals surface area contributed by atoms with Crippen LogP contribution in [-0.4, -0.2) is 47.7 Å². The molecular weight excluding hydrogens is 388 g/mol. The van der Waals surface area contributed by atoms with Gasteiger partial charge < -0.3 is 15.7 Å². The minimum Gasteiger partial charge on any atom is -0.412 e. The topological polar surface area (TPSA) is 80.9 Å². The van der Waals surface area contributed by atoms with E-state index in [1.165, 1.54) is 5.56 Å². The summed E-state index contributed by atoms with van der Waals surface area (Å²) >= 11 is 0. The first-order valence-electron chi connectivity index (χ1n) is 9.72. The Bertz CT molecular complexity index is 772. The van der Waals surface area contributed by atoms with E-state index in [0.717, 1.165) is 43.6 Å². The van der Waals surface area contributed by atoms with E-state index in [2.05, 4.69) is 29.3 Å². The van der Waals surface area contributed by atoms with Gasteiger partial charge in [-0.15, -0.1) is 12.4 Å². The summed E-state index contributed by atoms with van der Waals surface area (Å²) < 4.78 is 0. The van der Waals surface area contributed by atoms with Crippen molar-refractivity contribution in [1.29, 1.82) is 0 Å². The fourth-order valence-electron chi connectivity index (χ4n) is 3.76. The van der Waals surface area contributed by atoms with Crippen LogP contribution in [0.5, 0.6) is 0 Å². The number of rotatable bonds is 6. The zero-order chi connectivity index (χ0) is 19.2. The number of amides is 1. The first kappa shape index (κ1) is 24.8. The van der Waals surface area contributed by atoms with Gasteiger partial charge in [0.15, 0.2) is 5.78 Å². The molecule has 0 bridgehead atoms. The van der Waals surface area contributed by atoms with Crippen molar-refractivity contribution in [2.24, 2.45) is 0 Å². The molecule has 1 atom stereocenters. The Kier molecular flexibility index (Phi) is 10.0. The van der Waals surface area contributed by atoms with Crippen molar-refractivity contribution >= 4 is 24.1 Å². The highest BCUT2D eigenvalue weighted by Gasteiger charge is 2.21. The first-order chi connectivity index (χ1) is 13.0. The maximum atomic E-state index is 12.5. The van der Waals surface area contributed by atoms with Crippen LogP contribution in [0, 0.1) is 0 Å². The fourth-order valence-corrected chi connectivity index (χ4v) is 3.76. The number of hydrogen-bond acceptors (Lipinski definition) is 3. The fraction of sp³-hybridized carbons (Fsp3) is 0.391. The molecule has 1 saturated heterocycles. The molecule has 0 spiro atoms. The molecule has 0 radical (unpaired) electrons. The molecule has 1 fully saturated rings. The second-order valence-electron chi connectivity index (χ2n) is 7.49. The molecule has 0 aliphatic carbocycles. The van der Waals surface area contributed by atoms with E-state index < -0.39 is 0 Å². The van der Waals surface area contributed by atoms with Crippen molar-refractivity contribution in [2.75, 3.05) is 19.6 Å². The number of carbonyl (C=O) groups is 2. The predicted molar refractivity (Wildman–Crippen MR) is 119 cm³/mol. The highest BCUT2D eigenvalue weighted by Crippen LogP contribution is 2.21. The molecule has 0 saturated carbocycles. The molecular formula is C23H31ClN2O3. The molecule has 158 valence electrons. The van der Waals surface area contributed by atoms with E-state index in [1.807, 2.05) is 42.5 Å². The minimum absolute atomic E-state index is 0. The zero-order valence-corrected chi connectivity index (χ0v) is 17.9. The van der Waals surface area contributed by atoms with Gasteiger partial charge in [0.05, 0.1) is 0 Å². The van der Waals surface area contributed by atoms with Crippen LogP contribution in [0.15, 0.2) is 54.6 Å². The summed E-state index contributed by atoms with van der Waals surface area (Å²) in [6.07, 6.45) is 2.02. The number of carbonyl (C=O) groups excluding carboxylic acids is 2. The SMILES string of the molecule is CC(=O)NC1CCN(CC(C)c2ccc(C(=O)c3ccccc3)cc2)CC1.Cl.O. The normalized spacial score (nSPS) is 15.5. The summed E-state index contributed by atoms with van der Waals surface area (Å²) in [7, 11) is 0. The lowest BCUT2D eigenvalue weighted by Crippen LogP contribution is -2.44. The van der Waals surface area contributed by atoms with Gasteiger partial charge in [0.1, 0.15) is 0 Å². The number of piperidine rings is 1. The largest absolute Gasteiger partial charge is 0.412 e. The van der Waals surface area contributed by atoms with E-state index in [9.17, 15) is 9.59 Å². The van der Waals surface area contributed by atoms with Gasteiger partial charge in [-0.25, -0.2) is 0 Å². The van der Waals surface area contributed by atoms with E-state index in [4.69, 9.17) is 0 Å². The predicted octanol–water partition coefficient (Wildman–Crippen LogP) is 3.22. The molecule has 2 aromatic rings. The minimum atomic E-state index is 0. The van der Waals surface area contributed by atoms with Crippen molar-refractivity contribution in [3.8, 4) is 0 Å². The molecule has 1 aliphatic heterocycles. The number of nitrogens with one attached hydrogen (secondary N) is 1. The molecule has 1 heterocycles. The summed E-state index contributed by atoms with van der Waals surface area (Å²) in [6.45, 7) is 6.84. The van der Waals surface area contributed by atoms with E-state index in [1.54, 1.807) is 6.92 Å².